The molecule has 2 amide bonds. The van der Waals surface area contributed by atoms with Crippen molar-refractivity contribution in [2.45, 2.75) is 221 Å². The van der Waals surface area contributed by atoms with Crippen molar-refractivity contribution in [1.29, 1.82) is 0 Å². The summed E-state index contributed by atoms with van der Waals surface area (Å²) >= 11 is 16.5. The number of nitrogens with zero attached hydrogens (tertiary/aromatic N) is 2. The summed E-state index contributed by atoms with van der Waals surface area (Å²) in [6.45, 7) is 39.8. The fourth-order valence-electron chi connectivity index (χ4n) is 10.6. The zero-order chi connectivity index (χ0) is 56.4. The first-order chi connectivity index (χ1) is 34.9. The predicted molar refractivity (Wildman–Crippen MR) is 304 cm³/mol. The Hall–Kier alpha value is -2.09. The SMILES string of the molecule is CC(C)(C)OC(=O)N1C[C@H]2CC(OCc3cccc(B4OC(C)(C)C(C)(C)O4)c3Cl)C[C@H]2C1.CC(C)(C)OC(=O)N1C[C@H]2CC(OCc3cccc(Br)c3Cl)C[C@H]2C1.CC1(C)OB(B2OC(C)(C)C(C)(C)O2)OC1(C)C. The number of hydrogen-bond donors (Lipinski definition) is 0. The maximum atomic E-state index is 12.4. The Labute approximate surface area is 474 Å². The largest absolute Gasteiger partial charge is 0.496 e. The summed E-state index contributed by atoms with van der Waals surface area (Å²) in [5, 5.41) is 1.36. The van der Waals surface area contributed by atoms with Crippen LogP contribution in [0.2, 0.25) is 10.0 Å². The topological polar surface area (TPSA) is 133 Å². The molecule has 7 aliphatic rings. The molecule has 76 heavy (non-hydrogen) atoms. The second-order valence-electron chi connectivity index (χ2n) is 27.0. The molecule has 2 aromatic carbocycles. The summed E-state index contributed by atoms with van der Waals surface area (Å²) in [6, 6.07) is 11.8. The minimum Gasteiger partial charge on any atom is -0.444 e. The first kappa shape index (κ1) is 61.5. The second-order valence-corrected chi connectivity index (χ2v) is 28.6. The third-order valence-electron chi connectivity index (χ3n) is 17.1. The van der Waals surface area contributed by atoms with Gasteiger partial charge in [-0.05, 0) is 207 Å². The highest BCUT2D eigenvalue weighted by molar-refractivity contribution is 9.10. The number of fused-ring (bicyclic) bond motifs is 2. The lowest BCUT2D eigenvalue weighted by molar-refractivity contribution is 0.00578. The van der Waals surface area contributed by atoms with E-state index in [9.17, 15) is 9.59 Å². The monoisotopic (exact) mass is 1160 g/mol. The highest BCUT2D eigenvalue weighted by Gasteiger charge is 2.64. The van der Waals surface area contributed by atoms with E-state index >= 15 is 0 Å². The smallest absolute Gasteiger partial charge is 0.444 e. The van der Waals surface area contributed by atoms with Gasteiger partial charge in [0.2, 0.25) is 0 Å². The fraction of sp³-hybridized carbons (Fsp3) is 0.750. The Balaban J connectivity index is 0.000000174. The Morgan fingerprint density at radius 1 is 0.539 bits per heavy atom. The standard InChI is InChI=1S/C25H37BClNO5.C19H25BrClNO3.C12H24B2O4/c1-23(2,3)31-22(29)28-13-17-11-19(12-18(17)14-28)30-15-16-9-8-10-20(21(16)27)26-32-24(4,5)25(6,7)33-26;1-19(2,3)25-18(23)22-9-13-7-15(8-14(13)10-22)24-11-12-5-4-6-16(20)17(12)21;1-9(2)10(3,4)16-13(15-9)14-17-11(5,6)12(7,8)18-14/h8-10,17-19H,11-15H2,1-7H3;4-6,13-15H,7-11H2,1-3H3;1-8H3/t17-,18+,19?;13-,14+,15?;. The summed E-state index contributed by atoms with van der Waals surface area (Å²) in [5.41, 5.74) is -0.388. The van der Waals surface area contributed by atoms with Gasteiger partial charge in [-0.25, -0.2) is 9.59 Å². The van der Waals surface area contributed by atoms with Crippen LogP contribution < -0.4 is 5.46 Å². The van der Waals surface area contributed by atoms with Crippen LogP contribution in [0.3, 0.4) is 0 Å². The van der Waals surface area contributed by atoms with E-state index in [1.807, 2.05) is 171 Å². The van der Waals surface area contributed by atoms with Crippen molar-refractivity contribution in [2.24, 2.45) is 23.7 Å². The van der Waals surface area contributed by atoms with Crippen LogP contribution in [0.5, 0.6) is 0 Å². The van der Waals surface area contributed by atoms with Crippen LogP contribution in [0, 0.1) is 23.7 Å². The van der Waals surface area contributed by atoms with Crippen LogP contribution in [0.25, 0.3) is 0 Å². The molecule has 0 aromatic heterocycles. The zero-order valence-corrected chi connectivity index (χ0v) is 51.8. The van der Waals surface area contributed by atoms with Crippen LogP contribution in [0.1, 0.15) is 161 Å². The van der Waals surface area contributed by atoms with Crippen LogP contribution in [0.4, 0.5) is 9.59 Å². The Morgan fingerprint density at radius 2 is 0.855 bits per heavy atom. The fourth-order valence-corrected chi connectivity index (χ4v) is 11.5. The number of likely N-dealkylation sites (tertiary alicyclic amines) is 2. The van der Waals surface area contributed by atoms with Crippen LogP contribution in [-0.2, 0) is 60.1 Å². The van der Waals surface area contributed by atoms with Crippen molar-refractivity contribution in [3.05, 3.63) is 62.0 Å². The molecule has 9 rings (SSSR count). The molecule has 422 valence electrons. The maximum Gasteiger partial charge on any atom is 0.496 e. The van der Waals surface area contributed by atoms with Crippen LogP contribution in [0.15, 0.2) is 40.9 Å². The first-order valence-corrected chi connectivity index (χ1v) is 28.9. The van der Waals surface area contributed by atoms with E-state index in [1.165, 1.54) is 0 Å². The minimum atomic E-state index is -0.493. The summed E-state index contributed by atoms with van der Waals surface area (Å²) < 4.78 is 60.5. The summed E-state index contributed by atoms with van der Waals surface area (Å²) in [5.74, 6) is 1.95. The molecular weight excluding hydrogens is 1080 g/mol. The van der Waals surface area contributed by atoms with Crippen molar-refractivity contribution in [2.75, 3.05) is 26.2 Å². The van der Waals surface area contributed by atoms with Gasteiger partial charge in [-0.3, -0.25) is 0 Å². The van der Waals surface area contributed by atoms with Gasteiger partial charge in [0.15, 0.2) is 0 Å². The van der Waals surface area contributed by atoms with Crippen molar-refractivity contribution in [1.82, 2.24) is 9.80 Å². The first-order valence-electron chi connectivity index (χ1n) is 27.3. The minimum absolute atomic E-state index is 0.178. The molecule has 14 nitrogen and oxygen atoms in total. The van der Waals surface area contributed by atoms with Gasteiger partial charge < -0.3 is 56.7 Å². The van der Waals surface area contributed by atoms with Crippen LogP contribution >= 0.6 is 39.1 Å². The third-order valence-corrected chi connectivity index (χ3v) is 18.9. The predicted octanol–water partition coefficient (Wildman–Crippen LogP) is 12.3. The normalized spacial score (nSPS) is 28.4. The van der Waals surface area contributed by atoms with Gasteiger partial charge >= 0.3 is 33.3 Å². The van der Waals surface area contributed by atoms with E-state index in [0.29, 0.717) is 41.9 Å². The molecule has 20 heteroatoms. The molecule has 5 heterocycles. The molecule has 2 unspecified atom stereocenters. The number of amides is 2. The highest BCUT2D eigenvalue weighted by Crippen LogP contribution is 2.45. The third kappa shape index (κ3) is 14.3. The average molecular weight is 1160 g/mol. The van der Waals surface area contributed by atoms with Crippen molar-refractivity contribution < 1.29 is 56.5 Å². The number of rotatable bonds is 8. The molecule has 5 aliphatic heterocycles. The molecule has 6 atom stereocenters. The van der Waals surface area contributed by atoms with Gasteiger partial charge in [-0.2, -0.15) is 0 Å². The van der Waals surface area contributed by atoms with Gasteiger partial charge in [-0.1, -0.05) is 53.5 Å². The Kier molecular flexibility index (Phi) is 18.4. The molecule has 5 saturated heterocycles. The number of benzene rings is 2. The van der Waals surface area contributed by atoms with E-state index in [1.54, 1.807) is 0 Å². The Morgan fingerprint density at radius 3 is 1.20 bits per heavy atom. The molecule has 2 aromatic rings. The van der Waals surface area contributed by atoms with Crippen molar-refractivity contribution >= 4 is 77.9 Å². The average Bonchev–Trinajstić information content (AvgIpc) is 4.12. The summed E-state index contributed by atoms with van der Waals surface area (Å²) in [4.78, 5) is 28.3. The number of hydrogen-bond acceptors (Lipinski definition) is 12. The summed E-state index contributed by atoms with van der Waals surface area (Å²) in [6.07, 6.45) is 3.92. The molecule has 0 N–H and O–H groups in total. The van der Waals surface area contributed by atoms with Crippen molar-refractivity contribution in [3.8, 4) is 0 Å². The lowest BCUT2D eigenvalue weighted by Gasteiger charge is -2.32. The molecule has 7 fully saturated rings. The molecule has 2 saturated carbocycles. The highest BCUT2D eigenvalue weighted by atomic mass is 79.9. The molecule has 2 aliphatic carbocycles. The van der Waals surface area contributed by atoms with E-state index in [2.05, 4.69) is 15.9 Å². The lowest BCUT2D eigenvalue weighted by atomic mass is 9.49. The number of halogens is 3. The maximum absolute atomic E-state index is 12.4. The van der Waals surface area contributed by atoms with E-state index in [4.69, 9.17) is 70.1 Å². The number of carbonyl (C=O) groups excluding carboxylic acids is 2. The quantitative estimate of drug-likeness (QED) is 0.233. The number of ether oxygens (including phenoxy) is 4. The van der Waals surface area contributed by atoms with Crippen molar-refractivity contribution in [3.63, 3.8) is 0 Å². The van der Waals surface area contributed by atoms with Gasteiger partial charge in [0.25, 0.3) is 0 Å². The summed E-state index contributed by atoms with van der Waals surface area (Å²) in [7, 11) is -1.45. The van der Waals surface area contributed by atoms with E-state index in [-0.39, 0.29) is 46.8 Å². The Bertz CT molecular complexity index is 2290. The van der Waals surface area contributed by atoms with E-state index < -0.39 is 43.5 Å². The number of carbonyl (C=O) groups is 2. The zero-order valence-electron chi connectivity index (χ0n) is 48.7. The van der Waals surface area contributed by atoms with Crippen LogP contribution in [-0.4, -0.2) is 126 Å². The molecule has 0 radical (unpaired) electrons. The second kappa shape index (κ2) is 22.7. The van der Waals surface area contributed by atoms with Gasteiger partial charge in [0.05, 0.1) is 64.1 Å². The molecule has 0 spiro atoms. The van der Waals surface area contributed by atoms with Gasteiger partial charge in [0.1, 0.15) is 11.2 Å². The van der Waals surface area contributed by atoms with E-state index in [0.717, 1.165) is 77.9 Å². The lowest BCUT2D eigenvalue weighted by Crippen LogP contribution is -2.41. The van der Waals surface area contributed by atoms with Gasteiger partial charge in [0, 0.05) is 41.1 Å². The molecular formula is C56H86B3BrCl2N2O12. The molecule has 0 bridgehead atoms. The van der Waals surface area contributed by atoms with Gasteiger partial charge in [-0.15, -0.1) is 0 Å².